The lowest BCUT2D eigenvalue weighted by molar-refractivity contribution is 0.0530. The largest absolute Gasteiger partial charge is 0.478 e. The van der Waals surface area contributed by atoms with E-state index >= 15 is 0 Å². The molecule has 5 nitrogen and oxygen atoms in total. The maximum Gasteiger partial charge on any atom is 0.337 e. The first-order valence-electron chi connectivity index (χ1n) is 5.68. The van der Waals surface area contributed by atoms with Gasteiger partial charge in [0.15, 0.2) is 0 Å². The van der Waals surface area contributed by atoms with Crippen LogP contribution in [0.4, 0.5) is 15.8 Å². The molecule has 1 atom stereocenters. The lowest BCUT2D eigenvalue weighted by Gasteiger charge is -2.33. The highest BCUT2D eigenvalue weighted by Gasteiger charge is 2.22. The normalized spacial score (nSPS) is 19.9. The first-order chi connectivity index (χ1) is 8.49. The molecule has 1 fully saturated rings. The van der Waals surface area contributed by atoms with Crippen molar-refractivity contribution >= 4 is 17.3 Å². The van der Waals surface area contributed by atoms with Crippen LogP contribution in [0.25, 0.3) is 0 Å². The molecule has 18 heavy (non-hydrogen) atoms. The molecule has 1 saturated heterocycles. The Labute approximate surface area is 104 Å². The minimum absolute atomic E-state index is 0.0102. The third-order valence-electron chi connectivity index (χ3n) is 2.93. The van der Waals surface area contributed by atoms with Gasteiger partial charge in [-0.3, -0.25) is 0 Å². The number of carboxylic acid groups (broad SMARTS) is 1. The van der Waals surface area contributed by atoms with Crippen molar-refractivity contribution in [3.05, 3.63) is 23.5 Å². The summed E-state index contributed by atoms with van der Waals surface area (Å²) >= 11 is 0. The maximum atomic E-state index is 13.9. The minimum Gasteiger partial charge on any atom is -0.478 e. The Bertz CT molecular complexity index is 479. The SMILES string of the molecule is CC1CN(c2cc(C(=O)O)c(N)cc2F)CCO1. The van der Waals surface area contributed by atoms with Crippen LogP contribution in [0.15, 0.2) is 12.1 Å². The number of benzene rings is 1. The predicted molar refractivity (Wildman–Crippen MR) is 65.4 cm³/mol. The quantitative estimate of drug-likeness (QED) is 0.779. The molecular formula is C12H15FN2O3. The van der Waals surface area contributed by atoms with Crippen molar-refractivity contribution in [1.29, 1.82) is 0 Å². The van der Waals surface area contributed by atoms with E-state index in [1.165, 1.54) is 6.07 Å². The summed E-state index contributed by atoms with van der Waals surface area (Å²) in [5.41, 5.74) is 5.60. The highest BCUT2D eigenvalue weighted by molar-refractivity contribution is 5.95. The van der Waals surface area contributed by atoms with Crippen LogP contribution in [-0.4, -0.2) is 36.9 Å². The number of ether oxygens (including phenoxy) is 1. The molecule has 0 amide bonds. The van der Waals surface area contributed by atoms with Gasteiger partial charge >= 0.3 is 5.97 Å². The fourth-order valence-electron chi connectivity index (χ4n) is 2.04. The van der Waals surface area contributed by atoms with E-state index in [-0.39, 0.29) is 23.0 Å². The molecule has 1 aromatic carbocycles. The van der Waals surface area contributed by atoms with Crippen LogP contribution >= 0.6 is 0 Å². The van der Waals surface area contributed by atoms with E-state index in [1.54, 1.807) is 4.90 Å². The Balaban J connectivity index is 2.37. The zero-order valence-electron chi connectivity index (χ0n) is 10.0. The molecule has 2 rings (SSSR count). The van der Waals surface area contributed by atoms with Crippen LogP contribution in [0.5, 0.6) is 0 Å². The third kappa shape index (κ3) is 2.38. The van der Waals surface area contributed by atoms with E-state index < -0.39 is 11.8 Å². The van der Waals surface area contributed by atoms with Crippen LogP contribution in [0.3, 0.4) is 0 Å². The van der Waals surface area contributed by atoms with Crippen LogP contribution in [0.2, 0.25) is 0 Å². The number of anilines is 2. The molecule has 0 aromatic heterocycles. The molecule has 1 aromatic rings. The molecule has 6 heteroatoms. The molecule has 0 radical (unpaired) electrons. The number of carbonyl (C=O) groups is 1. The summed E-state index contributed by atoms with van der Waals surface area (Å²) < 4.78 is 19.2. The van der Waals surface area contributed by atoms with Gasteiger partial charge in [-0.25, -0.2) is 9.18 Å². The number of hydrogen-bond acceptors (Lipinski definition) is 4. The lowest BCUT2D eigenvalue weighted by Crippen LogP contribution is -2.41. The monoisotopic (exact) mass is 254 g/mol. The molecule has 1 aliphatic rings. The zero-order chi connectivity index (χ0) is 13.3. The number of nitrogens with two attached hydrogens (primary N) is 1. The summed E-state index contributed by atoms with van der Waals surface area (Å²) in [4.78, 5) is 12.8. The number of rotatable bonds is 2. The standard InChI is InChI=1S/C12H15FN2O3/c1-7-6-15(2-3-18-7)11-4-8(12(16)17)10(14)5-9(11)13/h4-5,7H,2-3,6,14H2,1H3,(H,16,17). The fraction of sp³-hybridized carbons (Fsp3) is 0.417. The highest BCUT2D eigenvalue weighted by atomic mass is 19.1. The van der Waals surface area contributed by atoms with Crippen molar-refractivity contribution in [2.45, 2.75) is 13.0 Å². The molecule has 1 aliphatic heterocycles. The minimum atomic E-state index is -1.16. The lowest BCUT2D eigenvalue weighted by atomic mass is 10.1. The van der Waals surface area contributed by atoms with Gasteiger partial charge < -0.3 is 20.5 Å². The second-order valence-electron chi connectivity index (χ2n) is 4.32. The molecule has 1 unspecified atom stereocenters. The molecule has 0 spiro atoms. The van der Waals surface area contributed by atoms with Gasteiger partial charge in [0.25, 0.3) is 0 Å². The van der Waals surface area contributed by atoms with Gasteiger partial charge in [0, 0.05) is 18.8 Å². The third-order valence-corrected chi connectivity index (χ3v) is 2.93. The van der Waals surface area contributed by atoms with Gasteiger partial charge in [0.05, 0.1) is 24.0 Å². The predicted octanol–water partition coefficient (Wildman–Crippen LogP) is 1.33. The van der Waals surface area contributed by atoms with Gasteiger partial charge in [-0.15, -0.1) is 0 Å². The number of morpholine rings is 1. The topological polar surface area (TPSA) is 75.8 Å². The summed E-state index contributed by atoms with van der Waals surface area (Å²) in [7, 11) is 0. The van der Waals surface area contributed by atoms with E-state index in [4.69, 9.17) is 15.6 Å². The van der Waals surface area contributed by atoms with Gasteiger partial charge in [0.2, 0.25) is 0 Å². The van der Waals surface area contributed by atoms with Crippen molar-refractivity contribution in [2.75, 3.05) is 30.3 Å². The first-order valence-corrected chi connectivity index (χ1v) is 5.68. The van der Waals surface area contributed by atoms with Crippen molar-refractivity contribution in [3.8, 4) is 0 Å². The van der Waals surface area contributed by atoms with Crippen LogP contribution in [0.1, 0.15) is 17.3 Å². The van der Waals surface area contributed by atoms with Crippen LogP contribution in [0, 0.1) is 5.82 Å². The Morgan fingerprint density at radius 1 is 1.61 bits per heavy atom. The molecule has 0 bridgehead atoms. The van der Waals surface area contributed by atoms with Crippen LogP contribution in [-0.2, 0) is 4.74 Å². The fourth-order valence-corrected chi connectivity index (χ4v) is 2.04. The average molecular weight is 254 g/mol. The number of nitrogen functional groups attached to an aromatic ring is 1. The Morgan fingerprint density at radius 2 is 2.33 bits per heavy atom. The van der Waals surface area contributed by atoms with Crippen molar-refractivity contribution in [1.82, 2.24) is 0 Å². The van der Waals surface area contributed by atoms with Gasteiger partial charge in [0.1, 0.15) is 5.82 Å². The number of nitrogens with zero attached hydrogens (tertiary/aromatic N) is 1. The average Bonchev–Trinajstić information content (AvgIpc) is 2.28. The number of aromatic carboxylic acids is 1. The van der Waals surface area contributed by atoms with E-state index in [9.17, 15) is 9.18 Å². The van der Waals surface area contributed by atoms with E-state index in [2.05, 4.69) is 0 Å². The highest BCUT2D eigenvalue weighted by Crippen LogP contribution is 2.27. The molecule has 1 heterocycles. The van der Waals surface area contributed by atoms with E-state index in [0.717, 1.165) is 6.07 Å². The van der Waals surface area contributed by atoms with Crippen LogP contribution < -0.4 is 10.6 Å². The summed E-state index contributed by atoms with van der Waals surface area (Å²) in [6.07, 6.45) is -0.0102. The molecule has 3 N–H and O–H groups in total. The van der Waals surface area contributed by atoms with Gasteiger partial charge in [-0.1, -0.05) is 0 Å². The van der Waals surface area contributed by atoms with Crippen molar-refractivity contribution < 1.29 is 19.0 Å². The Morgan fingerprint density at radius 3 is 2.94 bits per heavy atom. The van der Waals surface area contributed by atoms with E-state index in [1.807, 2.05) is 6.92 Å². The number of carboxylic acids is 1. The summed E-state index contributed by atoms with van der Waals surface area (Å²) in [6, 6.07) is 2.34. The summed E-state index contributed by atoms with van der Waals surface area (Å²) in [5.74, 6) is -1.67. The number of halogens is 1. The first kappa shape index (κ1) is 12.6. The Kier molecular flexibility index (Phi) is 3.38. The van der Waals surface area contributed by atoms with E-state index in [0.29, 0.717) is 19.7 Å². The molecule has 0 aliphatic carbocycles. The number of hydrogen-bond donors (Lipinski definition) is 2. The molecule has 0 saturated carbocycles. The second kappa shape index (κ2) is 4.81. The van der Waals surface area contributed by atoms with Crippen molar-refractivity contribution in [2.24, 2.45) is 0 Å². The Hall–Kier alpha value is -1.82. The molecular weight excluding hydrogens is 239 g/mol. The zero-order valence-corrected chi connectivity index (χ0v) is 10.0. The second-order valence-corrected chi connectivity index (χ2v) is 4.32. The van der Waals surface area contributed by atoms with Crippen molar-refractivity contribution in [3.63, 3.8) is 0 Å². The molecule has 98 valence electrons. The summed E-state index contributed by atoms with van der Waals surface area (Å²) in [6.45, 7) is 3.44. The summed E-state index contributed by atoms with van der Waals surface area (Å²) in [5, 5.41) is 8.99. The maximum absolute atomic E-state index is 13.9. The van der Waals surface area contributed by atoms with Gasteiger partial charge in [-0.2, -0.15) is 0 Å². The van der Waals surface area contributed by atoms with Gasteiger partial charge in [-0.05, 0) is 19.1 Å². The smallest absolute Gasteiger partial charge is 0.337 e.